The molecule has 0 fully saturated rings. The van der Waals surface area contributed by atoms with Gasteiger partial charge in [0.15, 0.2) is 5.76 Å². The van der Waals surface area contributed by atoms with E-state index in [2.05, 4.69) is 11.2 Å². The molecule has 0 saturated carbocycles. The normalized spacial score (nSPS) is 10.3. The molecule has 4 nitrogen and oxygen atoms in total. The van der Waals surface area contributed by atoms with Crippen LogP contribution in [-0.2, 0) is 0 Å². The van der Waals surface area contributed by atoms with Crippen molar-refractivity contribution in [3.8, 4) is 34.4 Å². The van der Waals surface area contributed by atoms with E-state index in [0.29, 0.717) is 17.0 Å². The molecule has 0 aliphatic heterocycles. The summed E-state index contributed by atoms with van der Waals surface area (Å²) in [6.07, 6.45) is 0. The molecular weight excluding hydrogens is 288 g/mol. The second-order valence-electron chi connectivity index (χ2n) is 5.35. The average Bonchev–Trinajstić information content (AvgIpc) is 2.98. The number of nitriles is 1. The monoisotopic (exact) mass is 304 g/mol. The molecule has 0 aliphatic carbocycles. The SMILES string of the molecule is COc1cc(C)c(-c2noc(-c3ccccc3)c2C#N)c(C)c1. The van der Waals surface area contributed by atoms with Crippen LogP contribution < -0.4 is 4.74 Å². The molecule has 3 aromatic rings. The zero-order chi connectivity index (χ0) is 16.4. The van der Waals surface area contributed by atoms with Crippen LogP contribution in [0.1, 0.15) is 16.7 Å². The van der Waals surface area contributed by atoms with E-state index in [1.54, 1.807) is 7.11 Å². The lowest BCUT2D eigenvalue weighted by Gasteiger charge is -2.10. The van der Waals surface area contributed by atoms with E-state index in [-0.39, 0.29) is 0 Å². The number of ether oxygens (including phenoxy) is 1. The van der Waals surface area contributed by atoms with Gasteiger partial charge in [-0.25, -0.2) is 0 Å². The van der Waals surface area contributed by atoms with Crippen LogP contribution in [0.4, 0.5) is 0 Å². The molecule has 1 aromatic heterocycles. The van der Waals surface area contributed by atoms with E-state index in [4.69, 9.17) is 9.26 Å². The second kappa shape index (κ2) is 5.98. The van der Waals surface area contributed by atoms with E-state index in [9.17, 15) is 5.26 Å². The third-order valence-electron chi connectivity index (χ3n) is 3.82. The number of aryl methyl sites for hydroxylation is 2. The zero-order valence-corrected chi connectivity index (χ0v) is 13.3. The summed E-state index contributed by atoms with van der Waals surface area (Å²) in [4.78, 5) is 0. The van der Waals surface area contributed by atoms with Gasteiger partial charge in [0.05, 0.1) is 7.11 Å². The van der Waals surface area contributed by atoms with Gasteiger partial charge >= 0.3 is 0 Å². The Labute approximate surface area is 134 Å². The highest BCUT2D eigenvalue weighted by atomic mass is 16.5. The largest absolute Gasteiger partial charge is 0.497 e. The van der Waals surface area contributed by atoms with Crippen LogP contribution in [0.25, 0.3) is 22.6 Å². The number of benzene rings is 2. The van der Waals surface area contributed by atoms with E-state index < -0.39 is 0 Å². The molecule has 3 rings (SSSR count). The maximum atomic E-state index is 9.62. The van der Waals surface area contributed by atoms with Crippen molar-refractivity contribution >= 4 is 0 Å². The van der Waals surface area contributed by atoms with E-state index >= 15 is 0 Å². The Balaban J connectivity index is 2.20. The van der Waals surface area contributed by atoms with Crippen LogP contribution in [0.2, 0.25) is 0 Å². The van der Waals surface area contributed by atoms with Crippen LogP contribution in [0.5, 0.6) is 5.75 Å². The summed E-state index contributed by atoms with van der Waals surface area (Å²) in [6.45, 7) is 3.95. The first-order chi connectivity index (χ1) is 11.2. The molecule has 2 aromatic carbocycles. The Morgan fingerprint density at radius 3 is 2.30 bits per heavy atom. The van der Waals surface area contributed by atoms with Gasteiger partial charge in [0.1, 0.15) is 23.1 Å². The predicted octanol–water partition coefficient (Wildman–Crippen LogP) is 4.51. The molecule has 0 amide bonds. The second-order valence-corrected chi connectivity index (χ2v) is 5.35. The average molecular weight is 304 g/mol. The van der Waals surface area contributed by atoms with Gasteiger partial charge in [-0.15, -0.1) is 0 Å². The van der Waals surface area contributed by atoms with Crippen LogP contribution >= 0.6 is 0 Å². The molecule has 0 bridgehead atoms. The Hall–Kier alpha value is -3.06. The minimum atomic E-state index is 0.451. The lowest BCUT2D eigenvalue weighted by atomic mass is 9.95. The van der Waals surface area contributed by atoms with Crippen LogP contribution in [0.3, 0.4) is 0 Å². The van der Waals surface area contributed by atoms with Crippen molar-refractivity contribution < 1.29 is 9.26 Å². The Morgan fingerprint density at radius 1 is 1.09 bits per heavy atom. The molecule has 0 unspecified atom stereocenters. The lowest BCUT2D eigenvalue weighted by Crippen LogP contribution is -1.93. The minimum Gasteiger partial charge on any atom is -0.497 e. The summed E-state index contributed by atoms with van der Waals surface area (Å²) in [6, 6.07) is 15.6. The molecule has 114 valence electrons. The number of rotatable bonds is 3. The fourth-order valence-electron chi connectivity index (χ4n) is 2.77. The van der Waals surface area contributed by atoms with E-state index in [1.165, 1.54) is 0 Å². The number of methoxy groups -OCH3 is 1. The van der Waals surface area contributed by atoms with Crippen molar-refractivity contribution in [2.75, 3.05) is 7.11 Å². The zero-order valence-electron chi connectivity index (χ0n) is 13.3. The molecule has 4 heteroatoms. The summed E-state index contributed by atoms with van der Waals surface area (Å²) in [5.74, 6) is 1.28. The minimum absolute atomic E-state index is 0.451. The van der Waals surface area contributed by atoms with Crippen molar-refractivity contribution in [1.82, 2.24) is 5.16 Å². The first kappa shape index (κ1) is 14.9. The molecule has 1 heterocycles. The highest BCUT2D eigenvalue weighted by molar-refractivity contribution is 5.79. The predicted molar refractivity (Wildman–Crippen MR) is 88.1 cm³/mol. The van der Waals surface area contributed by atoms with Gasteiger partial charge in [0.2, 0.25) is 0 Å². The van der Waals surface area contributed by atoms with Gasteiger partial charge in [-0.3, -0.25) is 0 Å². The number of hydrogen-bond donors (Lipinski definition) is 0. The Morgan fingerprint density at radius 2 is 1.74 bits per heavy atom. The quantitative estimate of drug-likeness (QED) is 0.714. The van der Waals surface area contributed by atoms with Gasteiger partial charge in [-0.1, -0.05) is 35.5 Å². The smallest absolute Gasteiger partial charge is 0.185 e. The molecular formula is C19H16N2O2. The van der Waals surface area contributed by atoms with Crippen molar-refractivity contribution in [3.05, 3.63) is 59.2 Å². The standard InChI is InChI=1S/C19H16N2O2/c1-12-9-15(22-3)10-13(2)17(12)18-16(11-20)19(23-21-18)14-7-5-4-6-8-14/h4-10H,1-3H3. The van der Waals surface area contributed by atoms with Gasteiger partial charge in [-0.05, 0) is 37.1 Å². The molecule has 0 atom stereocenters. The summed E-state index contributed by atoms with van der Waals surface area (Å²) in [5.41, 5.74) is 4.76. The third kappa shape index (κ3) is 2.58. The molecule has 0 saturated heterocycles. The number of nitrogens with zero attached hydrogens (tertiary/aromatic N) is 2. The highest BCUT2D eigenvalue weighted by Gasteiger charge is 2.21. The van der Waals surface area contributed by atoms with Crippen molar-refractivity contribution in [2.24, 2.45) is 0 Å². The van der Waals surface area contributed by atoms with Crippen molar-refractivity contribution in [2.45, 2.75) is 13.8 Å². The van der Waals surface area contributed by atoms with Crippen LogP contribution in [-0.4, -0.2) is 12.3 Å². The molecule has 0 spiro atoms. The fourth-order valence-corrected chi connectivity index (χ4v) is 2.77. The van der Waals surface area contributed by atoms with Crippen LogP contribution in [0, 0.1) is 25.2 Å². The summed E-state index contributed by atoms with van der Waals surface area (Å²) in [5, 5.41) is 13.8. The van der Waals surface area contributed by atoms with Gasteiger partial charge in [-0.2, -0.15) is 5.26 Å². The molecule has 0 aliphatic rings. The first-order valence-corrected chi connectivity index (χ1v) is 7.26. The van der Waals surface area contributed by atoms with Gasteiger partial charge in [0.25, 0.3) is 0 Å². The van der Waals surface area contributed by atoms with Crippen molar-refractivity contribution in [1.29, 1.82) is 5.26 Å². The summed E-state index contributed by atoms with van der Waals surface area (Å²) < 4.78 is 10.8. The topological polar surface area (TPSA) is 59.1 Å². The number of hydrogen-bond acceptors (Lipinski definition) is 4. The van der Waals surface area contributed by atoms with Crippen molar-refractivity contribution in [3.63, 3.8) is 0 Å². The highest BCUT2D eigenvalue weighted by Crippen LogP contribution is 2.36. The summed E-state index contributed by atoms with van der Waals surface area (Å²) in [7, 11) is 1.64. The third-order valence-corrected chi connectivity index (χ3v) is 3.82. The lowest BCUT2D eigenvalue weighted by molar-refractivity contribution is 0.414. The fraction of sp³-hybridized carbons (Fsp3) is 0.158. The number of aromatic nitrogens is 1. The molecule has 0 N–H and O–H groups in total. The molecule has 23 heavy (non-hydrogen) atoms. The maximum absolute atomic E-state index is 9.62. The first-order valence-electron chi connectivity index (χ1n) is 7.26. The van der Waals surface area contributed by atoms with Gasteiger partial charge < -0.3 is 9.26 Å². The van der Waals surface area contributed by atoms with Crippen LogP contribution in [0.15, 0.2) is 47.0 Å². The van der Waals surface area contributed by atoms with E-state index in [0.717, 1.165) is 28.0 Å². The van der Waals surface area contributed by atoms with E-state index in [1.807, 2.05) is 56.3 Å². The Kier molecular flexibility index (Phi) is 3.86. The summed E-state index contributed by atoms with van der Waals surface area (Å²) >= 11 is 0. The van der Waals surface area contributed by atoms with Gasteiger partial charge in [0, 0.05) is 11.1 Å². The molecule has 0 radical (unpaired) electrons. The Bertz CT molecular complexity index is 866. The maximum Gasteiger partial charge on any atom is 0.185 e.